The normalized spacial score (nSPS) is 13.9. The third kappa shape index (κ3) is 7.78. The lowest BCUT2D eigenvalue weighted by atomic mass is 9.92. The maximum absolute atomic E-state index is 11.4. The van der Waals surface area contributed by atoms with E-state index in [0.29, 0.717) is 13.0 Å². The van der Waals surface area contributed by atoms with Gasteiger partial charge in [0.2, 0.25) is 5.91 Å². The zero-order valence-electron chi connectivity index (χ0n) is 9.18. The summed E-state index contributed by atoms with van der Waals surface area (Å²) in [5.74, 6) is 0.119. The molecular weight excluding hydrogens is 164 g/mol. The van der Waals surface area contributed by atoms with Gasteiger partial charge in [-0.3, -0.25) is 4.79 Å². The molecule has 0 spiro atoms. The van der Waals surface area contributed by atoms with Gasteiger partial charge in [0.1, 0.15) is 0 Å². The first-order valence-corrected chi connectivity index (χ1v) is 4.84. The van der Waals surface area contributed by atoms with E-state index in [1.165, 1.54) is 0 Å². The van der Waals surface area contributed by atoms with Crippen molar-refractivity contribution in [3.8, 4) is 0 Å². The van der Waals surface area contributed by atoms with E-state index in [0.717, 1.165) is 6.42 Å². The summed E-state index contributed by atoms with van der Waals surface area (Å²) >= 11 is 0. The number of carbonyl (C=O) groups excluding carboxylic acids is 1. The Labute approximate surface area is 81.1 Å². The SMILES string of the molecule is CC(CCN)NC(=O)CC(C)(C)C. The fourth-order valence-electron chi connectivity index (χ4n) is 1.13. The van der Waals surface area contributed by atoms with E-state index in [4.69, 9.17) is 5.73 Å². The van der Waals surface area contributed by atoms with Crippen LogP contribution in [0, 0.1) is 5.41 Å². The van der Waals surface area contributed by atoms with Crippen LogP contribution in [0.5, 0.6) is 0 Å². The van der Waals surface area contributed by atoms with Crippen LogP contribution in [0.25, 0.3) is 0 Å². The van der Waals surface area contributed by atoms with Crippen molar-refractivity contribution in [1.29, 1.82) is 0 Å². The number of nitrogens with two attached hydrogens (primary N) is 1. The van der Waals surface area contributed by atoms with Crippen molar-refractivity contribution < 1.29 is 4.79 Å². The van der Waals surface area contributed by atoms with Gasteiger partial charge >= 0.3 is 0 Å². The van der Waals surface area contributed by atoms with Crippen LogP contribution >= 0.6 is 0 Å². The van der Waals surface area contributed by atoms with Gasteiger partial charge in [0.05, 0.1) is 0 Å². The summed E-state index contributed by atoms with van der Waals surface area (Å²) < 4.78 is 0. The predicted molar refractivity (Wildman–Crippen MR) is 55.3 cm³/mol. The minimum atomic E-state index is 0.0620. The third-order valence-electron chi connectivity index (χ3n) is 1.70. The van der Waals surface area contributed by atoms with Crippen molar-refractivity contribution in [3.05, 3.63) is 0 Å². The highest BCUT2D eigenvalue weighted by molar-refractivity contribution is 5.76. The lowest BCUT2D eigenvalue weighted by Gasteiger charge is -2.19. The molecule has 0 aliphatic heterocycles. The first kappa shape index (κ1) is 12.4. The summed E-state index contributed by atoms with van der Waals surface area (Å²) in [7, 11) is 0. The monoisotopic (exact) mass is 186 g/mol. The van der Waals surface area contributed by atoms with Crippen LogP contribution in [-0.4, -0.2) is 18.5 Å². The largest absolute Gasteiger partial charge is 0.354 e. The van der Waals surface area contributed by atoms with Crippen LogP contribution in [0.2, 0.25) is 0 Å². The van der Waals surface area contributed by atoms with Crippen molar-refractivity contribution in [2.75, 3.05) is 6.54 Å². The topological polar surface area (TPSA) is 55.1 Å². The molecule has 78 valence electrons. The van der Waals surface area contributed by atoms with Crippen LogP contribution < -0.4 is 11.1 Å². The zero-order chi connectivity index (χ0) is 10.5. The summed E-state index contributed by atoms with van der Waals surface area (Å²) in [5, 5.41) is 2.92. The van der Waals surface area contributed by atoms with E-state index in [9.17, 15) is 4.79 Å². The van der Waals surface area contributed by atoms with E-state index in [-0.39, 0.29) is 17.4 Å². The standard InChI is InChI=1S/C10H22N2O/c1-8(5-6-11)12-9(13)7-10(2,3)4/h8H,5-7,11H2,1-4H3,(H,12,13). The summed E-state index contributed by atoms with van der Waals surface area (Å²) in [6, 6.07) is 0.194. The average molecular weight is 186 g/mol. The molecule has 0 aliphatic carbocycles. The molecule has 0 saturated carbocycles. The van der Waals surface area contributed by atoms with Gasteiger partial charge in [0.25, 0.3) is 0 Å². The Balaban J connectivity index is 3.74. The Hall–Kier alpha value is -0.570. The van der Waals surface area contributed by atoms with E-state index in [1.54, 1.807) is 0 Å². The van der Waals surface area contributed by atoms with Gasteiger partial charge in [0.15, 0.2) is 0 Å². The van der Waals surface area contributed by atoms with Gasteiger partial charge in [-0.05, 0) is 25.3 Å². The van der Waals surface area contributed by atoms with Gasteiger partial charge in [0, 0.05) is 12.5 Å². The number of rotatable bonds is 4. The number of hydrogen-bond donors (Lipinski definition) is 2. The second kappa shape index (κ2) is 5.22. The molecule has 1 unspecified atom stereocenters. The van der Waals surface area contributed by atoms with Gasteiger partial charge in [-0.1, -0.05) is 20.8 Å². The Morgan fingerprint density at radius 2 is 2.00 bits per heavy atom. The lowest BCUT2D eigenvalue weighted by Crippen LogP contribution is -2.35. The van der Waals surface area contributed by atoms with Crippen LogP contribution in [0.15, 0.2) is 0 Å². The first-order chi connectivity index (χ1) is 5.85. The number of hydrogen-bond acceptors (Lipinski definition) is 2. The molecule has 0 aromatic rings. The molecule has 0 aromatic carbocycles. The second-order valence-electron chi connectivity index (χ2n) is 4.78. The lowest BCUT2D eigenvalue weighted by molar-refractivity contribution is -0.123. The molecule has 13 heavy (non-hydrogen) atoms. The quantitative estimate of drug-likeness (QED) is 0.695. The van der Waals surface area contributed by atoms with Crippen LogP contribution in [0.3, 0.4) is 0 Å². The Morgan fingerprint density at radius 3 is 2.38 bits per heavy atom. The van der Waals surface area contributed by atoms with Crippen LogP contribution in [-0.2, 0) is 4.79 Å². The second-order valence-corrected chi connectivity index (χ2v) is 4.78. The van der Waals surface area contributed by atoms with Crippen molar-refractivity contribution in [3.63, 3.8) is 0 Å². The summed E-state index contributed by atoms with van der Waals surface area (Å²) in [6.07, 6.45) is 1.41. The first-order valence-electron chi connectivity index (χ1n) is 4.84. The average Bonchev–Trinajstić information content (AvgIpc) is 1.81. The predicted octanol–water partition coefficient (Wildman–Crippen LogP) is 1.28. The van der Waals surface area contributed by atoms with Gasteiger partial charge in [-0.15, -0.1) is 0 Å². The highest BCUT2D eigenvalue weighted by Gasteiger charge is 2.16. The van der Waals surface area contributed by atoms with E-state index in [2.05, 4.69) is 26.1 Å². The van der Waals surface area contributed by atoms with Gasteiger partial charge < -0.3 is 11.1 Å². The molecule has 0 radical (unpaired) electrons. The fourth-order valence-corrected chi connectivity index (χ4v) is 1.13. The Bertz CT molecular complexity index is 161. The fraction of sp³-hybridized carbons (Fsp3) is 0.900. The Morgan fingerprint density at radius 1 is 1.46 bits per heavy atom. The summed E-state index contributed by atoms with van der Waals surface area (Å²) in [5.41, 5.74) is 5.44. The highest BCUT2D eigenvalue weighted by atomic mass is 16.1. The Kier molecular flexibility index (Phi) is 4.99. The molecule has 0 rings (SSSR count). The molecule has 1 amide bonds. The number of carbonyl (C=O) groups is 1. The molecule has 3 heteroatoms. The minimum absolute atomic E-state index is 0.0620. The molecule has 0 heterocycles. The van der Waals surface area contributed by atoms with Gasteiger partial charge in [-0.25, -0.2) is 0 Å². The molecule has 0 aliphatic rings. The molecule has 0 saturated heterocycles. The van der Waals surface area contributed by atoms with Crippen LogP contribution in [0.1, 0.15) is 40.5 Å². The molecule has 3 nitrogen and oxygen atoms in total. The highest BCUT2D eigenvalue weighted by Crippen LogP contribution is 2.17. The summed E-state index contributed by atoms with van der Waals surface area (Å²) in [4.78, 5) is 11.4. The maximum atomic E-state index is 11.4. The molecule has 0 fully saturated rings. The van der Waals surface area contributed by atoms with Crippen molar-refractivity contribution in [2.45, 2.75) is 46.6 Å². The minimum Gasteiger partial charge on any atom is -0.354 e. The van der Waals surface area contributed by atoms with Crippen molar-refractivity contribution in [1.82, 2.24) is 5.32 Å². The number of amides is 1. The van der Waals surface area contributed by atoms with E-state index < -0.39 is 0 Å². The van der Waals surface area contributed by atoms with Crippen molar-refractivity contribution >= 4 is 5.91 Å². The maximum Gasteiger partial charge on any atom is 0.220 e. The van der Waals surface area contributed by atoms with E-state index >= 15 is 0 Å². The molecule has 0 bridgehead atoms. The van der Waals surface area contributed by atoms with Crippen LogP contribution in [0.4, 0.5) is 0 Å². The molecular formula is C10H22N2O. The smallest absolute Gasteiger partial charge is 0.220 e. The van der Waals surface area contributed by atoms with E-state index in [1.807, 2.05) is 6.92 Å². The van der Waals surface area contributed by atoms with Crippen molar-refractivity contribution in [2.24, 2.45) is 11.1 Å². The zero-order valence-corrected chi connectivity index (χ0v) is 9.18. The number of nitrogens with one attached hydrogen (secondary N) is 1. The molecule has 3 N–H and O–H groups in total. The summed E-state index contributed by atoms with van der Waals surface area (Å²) in [6.45, 7) is 8.77. The van der Waals surface area contributed by atoms with Gasteiger partial charge in [-0.2, -0.15) is 0 Å². The molecule has 1 atom stereocenters. The molecule has 0 aromatic heterocycles. The third-order valence-corrected chi connectivity index (χ3v) is 1.70.